The second kappa shape index (κ2) is 7.54. The summed E-state index contributed by atoms with van der Waals surface area (Å²) in [6.07, 6.45) is 2.03. The van der Waals surface area contributed by atoms with E-state index in [-0.39, 0.29) is 17.2 Å². The zero-order valence-corrected chi connectivity index (χ0v) is 19.1. The van der Waals surface area contributed by atoms with Crippen LogP contribution in [0.4, 0.5) is 0 Å². The molecule has 1 saturated heterocycles. The van der Waals surface area contributed by atoms with Gasteiger partial charge in [-0.15, -0.1) is 10.2 Å². The van der Waals surface area contributed by atoms with Gasteiger partial charge in [0.1, 0.15) is 11.9 Å². The molecule has 0 spiro atoms. The predicted octanol–water partition coefficient (Wildman–Crippen LogP) is 5.21. The van der Waals surface area contributed by atoms with E-state index in [1.54, 1.807) is 7.11 Å². The van der Waals surface area contributed by atoms with Crippen LogP contribution in [0, 0.1) is 6.92 Å². The van der Waals surface area contributed by atoms with Crippen molar-refractivity contribution < 1.29 is 9.47 Å². The summed E-state index contributed by atoms with van der Waals surface area (Å²) in [6.45, 7) is 11.1. The number of rotatable bonds is 4. The van der Waals surface area contributed by atoms with Crippen molar-refractivity contribution in [1.82, 2.24) is 13.3 Å². The van der Waals surface area contributed by atoms with Gasteiger partial charge in [-0.05, 0) is 58.4 Å². The molecule has 1 aliphatic rings. The summed E-state index contributed by atoms with van der Waals surface area (Å²) in [5, 5.41) is 8.69. The summed E-state index contributed by atoms with van der Waals surface area (Å²) in [4.78, 5) is 0. The number of benzene rings is 1. The number of hydrogen-bond donors (Lipinski definition) is 0. The van der Waals surface area contributed by atoms with Crippen molar-refractivity contribution >= 4 is 22.9 Å². The third kappa shape index (κ3) is 4.37. The summed E-state index contributed by atoms with van der Waals surface area (Å²) < 4.78 is 14.1. The Hall–Kier alpha value is -1.41. The van der Waals surface area contributed by atoms with E-state index >= 15 is 0 Å². The van der Waals surface area contributed by atoms with E-state index in [9.17, 15) is 0 Å². The van der Waals surface area contributed by atoms with E-state index in [1.807, 2.05) is 37.3 Å². The number of nitrogens with zero attached hydrogens (tertiary/aromatic N) is 3. The zero-order valence-electron chi connectivity index (χ0n) is 16.9. The molecule has 1 aliphatic heterocycles. The number of aryl methyl sites for hydroxylation is 1. The van der Waals surface area contributed by atoms with Crippen LogP contribution in [0.15, 0.2) is 30.3 Å². The Kier molecular flexibility index (Phi) is 5.68. The van der Waals surface area contributed by atoms with E-state index in [1.165, 1.54) is 0 Å². The predicted molar refractivity (Wildman–Crippen MR) is 116 cm³/mol. The highest BCUT2D eigenvalue weighted by Crippen LogP contribution is 2.42. The molecule has 0 radical (unpaired) electrons. The van der Waals surface area contributed by atoms with Gasteiger partial charge >= 0.3 is 0 Å². The average molecular weight is 481 g/mol. The monoisotopic (exact) mass is 481 g/mol. The first-order valence-corrected chi connectivity index (χ1v) is 10.2. The minimum absolute atomic E-state index is 0.0651. The van der Waals surface area contributed by atoms with Gasteiger partial charge in [-0.1, -0.05) is 6.07 Å². The molecule has 5 nitrogen and oxygen atoms in total. The van der Waals surface area contributed by atoms with Crippen LogP contribution >= 0.6 is 22.9 Å². The van der Waals surface area contributed by atoms with Gasteiger partial charge in [0, 0.05) is 58.4 Å². The highest BCUT2D eigenvalue weighted by atomic mass is 127. The molecule has 0 bridgehead atoms. The second-order valence-electron chi connectivity index (χ2n) is 8.51. The normalized spacial score (nSPS) is 19.7. The Bertz CT molecular complexity index is 788. The molecule has 146 valence electrons. The SMILES string of the molecule is COc1cc(C)ccc1-c1ccc(OC2CC(C)(C)N(I)C(C)(C)C2)nn1. The van der Waals surface area contributed by atoms with Crippen molar-refractivity contribution in [2.45, 2.75) is 64.6 Å². The summed E-state index contributed by atoms with van der Waals surface area (Å²) in [6, 6.07) is 9.91. The molecule has 27 heavy (non-hydrogen) atoms. The maximum atomic E-state index is 6.21. The Morgan fingerprint density at radius 3 is 2.26 bits per heavy atom. The van der Waals surface area contributed by atoms with Crippen LogP contribution in [0.3, 0.4) is 0 Å². The highest BCUT2D eigenvalue weighted by Gasteiger charge is 2.45. The molecule has 2 heterocycles. The van der Waals surface area contributed by atoms with Crippen molar-refractivity contribution in [2.24, 2.45) is 0 Å². The first-order valence-electron chi connectivity index (χ1n) is 9.24. The lowest BCUT2D eigenvalue weighted by Gasteiger charge is -2.51. The lowest BCUT2D eigenvalue weighted by Crippen LogP contribution is -2.57. The maximum Gasteiger partial charge on any atom is 0.233 e. The summed E-state index contributed by atoms with van der Waals surface area (Å²) in [5.74, 6) is 1.37. The van der Waals surface area contributed by atoms with Crippen molar-refractivity contribution in [3.05, 3.63) is 35.9 Å². The third-order valence-electron chi connectivity index (χ3n) is 5.08. The third-order valence-corrected chi connectivity index (χ3v) is 7.69. The Morgan fingerprint density at radius 1 is 1.04 bits per heavy atom. The average Bonchev–Trinajstić information content (AvgIpc) is 2.60. The van der Waals surface area contributed by atoms with Gasteiger partial charge in [0.2, 0.25) is 5.88 Å². The molecule has 0 N–H and O–H groups in total. The van der Waals surface area contributed by atoms with Crippen LogP contribution in [0.2, 0.25) is 0 Å². The number of ether oxygens (including phenoxy) is 2. The topological polar surface area (TPSA) is 47.5 Å². The first kappa shape index (κ1) is 20.3. The fourth-order valence-corrected chi connectivity index (χ4v) is 4.35. The lowest BCUT2D eigenvalue weighted by atomic mass is 9.81. The van der Waals surface area contributed by atoms with Gasteiger partial charge < -0.3 is 9.47 Å². The summed E-state index contributed by atoms with van der Waals surface area (Å²) >= 11 is 2.44. The van der Waals surface area contributed by atoms with Gasteiger partial charge in [-0.25, -0.2) is 3.11 Å². The molecule has 0 saturated carbocycles. The highest BCUT2D eigenvalue weighted by molar-refractivity contribution is 14.1. The molecule has 2 aromatic rings. The van der Waals surface area contributed by atoms with Crippen LogP contribution in [-0.4, -0.2) is 37.6 Å². The Labute approximate surface area is 176 Å². The molecule has 6 heteroatoms. The molecule has 1 aromatic carbocycles. The van der Waals surface area contributed by atoms with Gasteiger partial charge in [-0.3, -0.25) is 0 Å². The minimum Gasteiger partial charge on any atom is -0.496 e. The molecular weight excluding hydrogens is 453 g/mol. The van der Waals surface area contributed by atoms with Crippen LogP contribution < -0.4 is 9.47 Å². The molecule has 0 aliphatic carbocycles. The molecule has 3 rings (SSSR count). The van der Waals surface area contributed by atoms with Crippen molar-refractivity contribution in [3.63, 3.8) is 0 Å². The lowest BCUT2D eigenvalue weighted by molar-refractivity contribution is 0.00136. The van der Waals surface area contributed by atoms with E-state index < -0.39 is 0 Å². The fraction of sp³-hybridized carbons (Fsp3) is 0.524. The smallest absolute Gasteiger partial charge is 0.233 e. The molecule has 1 aromatic heterocycles. The van der Waals surface area contributed by atoms with Crippen molar-refractivity contribution in [3.8, 4) is 22.9 Å². The van der Waals surface area contributed by atoms with Crippen molar-refractivity contribution in [2.75, 3.05) is 7.11 Å². The largest absolute Gasteiger partial charge is 0.496 e. The van der Waals surface area contributed by atoms with Gasteiger partial charge in [0.25, 0.3) is 0 Å². The number of aromatic nitrogens is 2. The van der Waals surface area contributed by atoms with E-state index in [0.29, 0.717) is 5.88 Å². The van der Waals surface area contributed by atoms with Gasteiger partial charge in [0.15, 0.2) is 0 Å². The van der Waals surface area contributed by atoms with Crippen LogP contribution in [-0.2, 0) is 0 Å². The van der Waals surface area contributed by atoms with Crippen LogP contribution in [0.5, 0.6) is 11.6 Å². The van der Waals surface area contributed by atoms with Crippen LogP contribution in [0.25, 0.3) is 11.3 Å². The Balaban J connectivity index is 1.77. The van der Waals surface area contributed by atoms with E-state index in [0.717, 1.165) is 35.4 Å². The van der Waals surface area contributed by atoms with E-state index in [2.05, 4.69) is 63.9 Å². The van der Waals surface area contributed by atoms with Gasteiger partial charge in [-0.2, -0.15) is 0 Å². The fourth-order valence-electron chi connectivity index (χ4n) is 3.96. The summed E-state index contributed by atoms with van der Waals surface area (Å²) in [5.41, 5.74) is 2.99. The maximum absolute atomic E-state index is 6.21. The van der Waals surface area contributed by atoms with Gasteiger partial charge in [0.05, 0.1) is 12.8 Å². The molecule has 0 unspecified atom stereocenters. The Morgan fingerprint density at radius 2 is 1.70 bits per heavy atom. The second-order valence-corrected chi connectivity index (χ2v) is 9.48. The van der Waals surface area contributed by atoms with E-state index in [4.69, 9.17) is 9.47 Å². The number of halogens is 1. The molecular formula is C21H28IN3O2. The summed E-state index contributed by atoms with van der Waals surface area (Å²) in [7, 11) is 1.67. The minimum atomic E-state index is 0.0651. The zero-order chi connectivity index (χ0) is 19.8. The van der Waals surface area contributed by atoms with Crippen LogP contribution in [0.1, 0.15) is 46.1 Å². The number of hydrogen-bond acceptors (Lipinski definition) is 5. The van der Waals surface area contributed by atoms with Crippen molar-refractivity contribution in [1.29, 1.82) is 0 Å². The molecule has 0 amide bonds. The molecule has 0 atom stereocenters. The standard InChI is InChI=1S/C21H28IN3O2/c1-14-7-8-16(18(11-14)26-6)17-9-10-19(24-23-17)27-15-12-20(2,3)25(22)21(4,5)13-15/h7-11,15H,12-13H2,1-6H3. The molecule has 1 fully saturated rings. The number of methoxy groups -OCH3 is 1. The number of piperidine rings is 1. The first-order chi connectivity index (χ1) is 12.6. The quantitative estimate of drug-likeness (QED) is 0.443.